The van der Waals surface area contributed by atoms with Gasteiger partial charge in [0, 0.05) is 34.3 Å². The summed E-state index contributed by atoms with van der Waals surface area (Å²) in [4.78, 5) is 0. The van der Waals surface area contributed by atoms with Crippen molar-refractivity contribution in [1.29, 1.82) is 0 Å². The highest BCUT2D eigenvalue weighted by molar-refractivity contribution is 7.02. The van der Waals surface area contributed by atoms with Gasteiger partial charge in [0.1, 0.15) is 11.3 Å². The Morgan fingerprint density at radius 3 is 1.30 bits per heavy atom. The minimum absolute atomic E-state index is 0.463. The fourth-order valence-electron chi connectivity index (χ4n) is 8.14. The second-order valence-corrected chi connectivity index (χ2v) is 11.5. The third-order valence-corrected chi connectivity index (χ3v) is 9.60. The maximum Gasteiger partial charge on any atom is 0.258 e. The summed E-state index contributed by atoms with van der Waals surface area (Å²) < 4.78 is 68.2. The normalized spacial score (nSPS) is 13.5. The van der Waals surface area contributed by atoms with Gasteiger partial charge in [0.05, 0.1) is 33.1 Å². The van der Waals surface area contributed by atoms with Gasteiger partial charge in [-0.2, -0.15) is 0 Å². The van der Waals surface area contributed by atoms with E-state index in [9.17, 15) is 8.78 Å². The fourth-order valence-corrected chi connectivity index (χ4v) is 8.14. The fraction of sp³-hybridized carbons (Fsp3) is 0. The van der Waals surface area contributed by atoms with Gasteiger partial charge in [-0.1, -0.05) is 30.3 Å². The van der Waals surface area contributed by atoms with Crippen LogP contribution in [0.25, 0.3) is 66.5 Å². The smallest absolute Gasteiger partial charge is 0.258 e. The number of benzene rings is 5. The van der Waals surface area contributed by atoms with Gasteiger partial charge in [-0.25, -0.2) is 17.6 Å². The molecule has 0 aliphatic carbocycles. The molecule has 4 aromatic heterocycles. The van der Waals surface area contributed by atoms with Crippen LogP contribution >= 0.6 is 0 Å². The summed E-state index contributed by atoms with van der Waals surface area (Å²) in [7, 11) is 0. The minimum atomic E-state index is -0.933. The second-order valence-electron chi connectivity index (χ2n) is 11.5. The number of halogens is 4. The zero-order valence-corrected chi connectivity index (χ0v) is 22.0. The Balaban J connectivity index is 1.48. The van der Waals surface area contributed by atoms with E-state index in [1.54, 1.807) is 0 Å². The van der Waals surface area contributed by atoms with Gasteiger partial charge < -0.3 is 0 Å². The Bertz CT molecular complexity index is 2610. The molecule has 2 aliphatic rings. The van der Waals surface area contributed by atoms with Crippen LogP contribution in [0.1, 0.15) is 0 Å². The molecular weight excluding hydrogens is 551 g/mol. The van der Waals surface area contributed by atoms with Crippen LogP contribution in [0.15, 0.2) is 91.0 Å². The first-order valence-electron chi connectivity index (χ1n) is 14.0. The predicted octanol–water partition coefficient (Wildman–Crippen LogP) is 6.09. The minimum Gasteiger partial charge on any atom is -0.295 e. The first-order valence-corrected chi connectivity index (χ1v) is 14.0. The van der Waals surface area contributed by atoms with Crippen molar-refractivity contribution in [3.05, 3.63) is 114 Å². The molecule has 0 N–H and O–H groups in total. The van der Waals surface area contributed by atoms with E-state index in [0.29, 0.717) is 21.8 Å². The average Bonchev–Trinajstić information content (AvgIpc) is 3.72. The number of rotatable bonds is 0. The van der Waals surface area contributed by atoms with E-state index in [0.717, 1.165) is 61.1 Å². The highest BCUT2D eigenvalue weighted by Gasteiger charge is 2.45. The molecule has 0 radical (unpaired) electrons. The van der Waals surface area contributed by atoms with Crippen molar-refractivity contribution >= 4 is 78.3 Å². The summed E-state index contributed by atoms with van der Waals surface area (Å²) in [6, 6.07) is 27.0. The lowest BCUT2D eigenvalue weighted by atomic mass is 9.34. The lowest BCUT2D eigenvalue weighted by Crippen LogP contribution is -2.59. The Morgan fingerprint density at radius 2 is 0.837 bits per heavy atom. The number of aromatic nitrogens is 4. The molecule has 0 fully saturated rings. The van der Waals surface area contributed by atoms with E-state index in [1.807, 2.05) is 63.4 Å². The van der Waals surface area contributed by atoms with Gasteiger partial charge in [-0.15, -0.1) is 0 Å². The first-order chi connectivity index (χ1) is 21.0. The molecule has 5 aromatic carbocycles. The van der Waals surface area contributed by atoms with Gasteiger partial charge >= 0.3 is 0 Å². The lowest BCUT2D eigenvalue weighted by molar-refractivity contribution is 0.511. The van der Waals surface area contributed by atoms with Gasteiger partial charge in [0.2, 0.25) is 0 Å². The quantitative estimate of drug-likeness (QED) is 0.157. The second kappa shape index (κ2) is 6.95. The van der Waals surface area contributed by atoms with Crippen LogP contribution in [0, 0.1) is 23.3 Å². The van der Waals surface area contributed by atoms with E-state index < -0.39 is 30.0 Å². The molecule has 0 atom stereocenters. The standard InChI is InChI=1S/C34H15BF4N4/c36-18-12-16-28(14-20(18)38)42-24-8-3-1-6-22(24)40-26-10-5-11-27-32(26)35(30(16)33(40)42)31-17-13-19(37)21(39)15-29(17)43-25-9-4-2-7-23(25)41(27)34(31)43/h1-15H. The summed E-state index contributed by atoms with van der Waals surface area (Å²) in [5, 5.41) is 1.16. The van der Waals surface area contributed by atoms with Crippen molar-refractivity contribution < 1.29 is 17.6 Å². The van der Waals surface area contributed by atoms with Crippen molar-refractivity contribution in [2.24, 2.45) is 0 Å². The third-order valence-electron chi connectivity index (χ3n) is 9.60. The zero-order valence-electron chi connectivity index (χ0n) is 22.0. The predicted molar refractivity (Wildman–Crippen MR) is 162 cm³/mol. The van der Waals surface area contributed by atoms with Crippen LogP contribution in [0.4, 0.5) is 17.6 Å². The summed E-state index contributed by atoms with van der Waals surface area (Å²) in [5.41, 5.74) is 10.7. The monoisotopic (exact) mass is 566 g/mol. The van der Waals surface area contributed by atoms with Crippen molar-refractivity contribution in [3.8, 4) is 11.4 Å². The van der Waals surface area contributed by atoms with Crippen LogP contribution < -0.4 is 16.4 Å². The Kier molecular flexibility index (Phi) is 3.59. The van der Waals surface area contributed by atoms with E-state index in [2.05, 4.69) is 21.3 Å². The molecule has 0 unspecified atom stereocenters. The summed E-state index contributed by atoms with van der Waals surface area (Å²) >= 11 is 0. The van der Waals surface area contributed by atoms with Crippen LogP contribution in [0.5, 0.6) is 0 Å². The summed E-state index contributed by atoms with van der Waals surface area (Å²) in [6.07, 6.45) is 0. The van der Waals surface area contributed by atoms with Gasteiger partial charge in [-0.05, 0) is 64.9 Å². The van der Waals surface area contributed by atoms with Crippen molar-refractivity contribution in [1.82, 2.24) is 17.9 Å². The van der Waals surface area contributed by atoms with Crippen LogP contribution in [0.3, 0.4) is 0 Å². The topological polar surface area (TPSA) is 18.7 Å². The largest absolute Gasteiger partial charge is 0.295 e. The first kappa shape index (κ1) is 22.2. The molecular formula is C34H15BF4N4. The van der Waals surface area contributed by atoms with Crippen LogP contribution in [0.2, 0.25) is 0 Å². The van der Waals surface area contributed by atoms with Crippen LogP contribution in [-0.2, 0) is 0 Å². The molecule has 4 nitrogen and oxygen atoms in total. The molecule has 0 bridgehead atoms. The SMILES string of the molecule is Fc1cc2c3c4n(c5ccccc5n4c2cc1F)-c1cccc2c1B3c1c3cc(F)c(F)cc3n3c4ccccc4n-2c13. The highest BCUT2D eigenvalue weighted by atomic mass is 19.2. The lowest BCUT2D eigenvalue weighted by Gasteiger charge is -2.31. The van der Waals surface area contributed by atoms with E-state index >= 15 is 8.78 Å². The molecule has 0 saturated carbocycles. The van der Waals surface area contributed by atoms with E-state index in [4.69, 9.17) is 0 Å². The molecule has 202 valence electrons. The molecule has 43 heavy (non-hydrogen) atoms. The van der Waals surface area contributed by atoms with Crippen LogP contribution in [-0.4, -0.2) is 24.6 Å². The molecule has 9 aromatic rings. The Morgan fingerprint density at radius 1 is 0.419 bits per heavy atom. The number of para-hydroxylation sites is 4. The molecule has 0 amide bonds. The molecule has 9 heteroatoms. The van der Waals surface area contributed by atoms with Gasteiger partial charge in [0.15, 0.2) is 23.3 Å². The highest BCUT2D eigenvalue weighted by Crippen LogP contribution is 2.39. The maximum absolute atomic E-state index is 15.1. The number of imidazole rings is 2. The van der Waals surface area contributed by atoms with Crippen molar-refractivity contribution in [2.75, 3.05) is 0 Å². The molecule has 2 aliphatic heterocycles. The Hall–Kier alpha value is -5.44. The van der Waals surface area contributed by atoms with Crippen molar-refractivity contribution in [3.63, 3.8) is 0 Å². The third kappa shape index (κ3) is 2.28. The zero-order chi connectivity index (χ0) is 28.5. The van der Waals surface area contributed by atoms with Gasteiger partial charge in [-0.3, -0.25) is 17.9 Å². The summed E-state index contributed by atoms with van der Waals surface area (Å²) in [5.74, 6) is -3.72. The molecule has 11 rings (SSSR count). The summed E-state index contributed by atoms with van der Waals surface area (Å²) in [6.45, 7) is -0.463. The molecule has 6 heterocycles. The number of fused-ring (bicyclic) bond motifs is 16. The molecule has 0 spiro atoms. The van der Waals surface area contributed by atoms with Gasteiger partial charge in [0.25, 0.3) is 6.71 Å². The average molecular weight is 566 g/mol. The number of nitrogens with zero attached hydrogens (tertiary/aromatic N) is 4. The maximum atomic E-state index is 15.1. The number of hydrogen-bond donors (Lipinski definition) is 0. The van der Waals surface area contributed by atoms with E-state index in [1.165, 1.54) is 24.3 Å². The Labute approximate surface area is 239 Å². The number of hydrogen-bond acceptors (Lipinski definition) is 0. The van der Waals surface area contributed by atoms with Crippen molar-refractivity contribution in [2.45, 2.75) is 0 Å². The molecule has 0 saturated heterocycles. The van der Waals surface area contributed by atoms with E-state index in [-0.39, 0.29) is 0 Å².